The fourth-order valence-electron chi connectivity index (χ4n) is 4.36. The molecule has 0 spiro atoms. The Bertz CT molecular complexity index is 289. The molecule has 0 amide bonds. The van der Waals surface area contributed by atoms with Crippen molar-refractivity contribution >= 4 is 0 Å². The van der Waals surface area contributed by atoms with Crippen molar-refractivity contribution in [3.05, 3.63) is 0 Å². The predicted octanol–water partition coefficient (Wildman–Crippen LogP) is 1.81. The Morgan fingerprint density at radius 3 is 2.44 bits per heavy atom. The highest BCUT2D eigenvalue weighted by atomic mass is 15.3. The van der Waals surface area contributed by atoms with E-state index in [0.717, 1.165) is 30.7 Å². The zero-order valence-corrected chi connectivity index (χ0v) is 12.0. The van der Waals surface area contributed by atoms with Gasteiger partial charge in [-0.1, -0.05) is 6.42 Å². The van der Waals surface area contributed by atoms with Crippen LogP contribution in [0.15, 0.2) is 0 Å². The zero-order valence-electron chi connectivity index (χ0n) is 12.0. The maximum Gasteiger partial charge on any atom is 0.0244 e. The van der Waals surface area contributed by atoms with Gasteiger partial charge in [0.2, 0.25) is 0 Å². The van der Waals surface area contributed by atoms with Gasteiger partial charge in [-0.25, -0.2) is 0 Å². The molecular weight excluding hydrogens is 222 g/mol. The van der Waals surface area contributed by atoms with E-state index in [9.17, 15) is 0 Å². The first-order chi connectivity index (χ1) is 8.70. The molecule has 0 radical (unpaired) electrons. The smallest absolute Gasteiger partial charge is 0.0244 e. The molecule has 3 rings (SSSR count). The number of piperidine rings is 1. The minimum absolute atomic E-state index is 0.644. The SMILES string of the molecule is CC1CC(N2C(C)CCCC2CN)CN1C1CC1. The van der Waals surface area contributed by atoms with Crippen LogP contribution in [-0.4, -0.2) is 53.1 Å². The van der Waals surface area contributed by atoms with E-state index in [2.05, 4.69) is 23.6 Å². The lowest BCUT2D eigenvalue weighted by atomic mass is 9.93. The molecule has 0 aromatic carbocycles. The number of likely N-dealkylation sites (tertiary alicyclic amines) is 2. The minimum atomic E-state index is 0.644. The Hall–Kier alpha value is -0.120. The van der Waals surface area contributed by atoms with Crippen LogP contribution in [0.25, 0.3) is 0 Å². The van der Waals surface area contributed by atoms with E-state index in [0.29, 0.717) is 6.04 Å². The van der Waals surface area contributed by atoms with E-state index in [-0.39, 0.29) is 0 Å². The summed E-state index contributed by atoms with van der Waals surface area (Å²) in [6.07, 6.45) is 8.28. The third kappa shape index (κ3) is 2.33. The molecule has 2 heterocycles. The summed E-state index contributed by atoms with van der Waals surface area (Å²) in [6.45, 7) is 6.97. The van der Waals surface area contributed by atoms with Crippen molar-refractivity contribution in [3.8, 4) is 0 Å². The van der Waals surface area contributed by atoms with Gasteiger partial charge in [0.15, 0.2) is 0 Å². The molecule has 18 heavy (non-hydrogen) atoms. The van der Waals surface area contributed by atoms with Gasteiger partial charge in [-0.3, -0.25) is 9.80 Å². The van der Waals surface area contributed by atoms with E-state index < -0.39 is 0 Å². The van der Waals surface area contributed by atoms with Crippen molar-refractivity contribution in [3.63, 3.8) is 0 Å². The second-order valence-electron chi connectivity index (χ2n) is 6.78. The molecule has 2 N–H and O–H groups in total. The van der Waals surface area contributed by atoms with Gasteiger partial charge in [0.1, 0.15) is 0 Å². The van der Waals surface area contributed by atoms with Crippen LogP contribution in [0.4, 0.5) is 0 Å². The first kappa shape index (κ1) is 12.9. The second kappa shape index (κ2) is 5.10. The van der Waals surface area contributed by atoms with Crippen LogP contribution in [0.3, 0.4) is 0 Å². The highest BCUT2D eigenvalue weighted by Crippen LogP contribution is 2.37. The molecule has 4 unspecified atom stereocenters. The quantitative estimate of drug-likeness (QED) is 0.830. The molecule has 3 fully saturated rings. The molecule has 2 saturated heterocycles. The largest absolute Gasteiger partial charge is 0.329 e. The van der Waals surface area contributed by atoms with E-state index in [1.54, 1.807) is 0 Å². The van der Waals surface area contributed by atoms with Crippen LogP contribution in [0.2, 0.25) is 0 Å². The molecule has 2 aliphatic heterocycles. The highest BCUT2D eigenvalue weighted by molar-refractivity contribution is 4.99. The Balaban J connectivity index is 1.68. The number of hydrogen-bond acceptors (Lipinski definition) is 3. The summed E-state index contributed by atoms with van der Waals surface area (Å²) in [5.74, 6) is 0. The van der Waals surface area contributed by atoms with E-state index >= 15 is 0 Å². The van der Waals surface area contributed by atoms with Gasteiger partial charge < -0.3 is 5.73 Å². The summed E-state index contributed by atoms with van der Waals surface area (Å²) >= 11 is 0. The van der Waals surface area contributed by atoms with Gasteiger partial charge in [-0.2, -0.15) is 0 Å². The molecular formula is C15H29N3. The lowest BCUT2D eigenvalue weighted by Crippen LogP contribution is -2.54. The monoisotopic (exact) mass is 251 g/mol. The average molecular weight is 251 g/mol. The third-order valence-electron chi connectivity index (χ3n) is 5.40. The third-order valence-corrected chi connectivity index (χ3v) is 5.40. The summed E-state index contributed by atoms with van der Waals surface area (Å²) in [7, 11) is 0. The molecule has 3 heteroatoms. The fourth-order valence-corrected chi connectivity index (χ4v) is 4.36. The van der Waals surface area contributed by atoms with Crippen LogP contribution >= 0.6 is 0 Å². The number of nitrogens with two attached hydrogens (primary N) is 1. The predicted molar refractivity (Wildman–Crippen MR) is 75.6 cm³/mol. The fraction of sp³-hybridized carbons (Fsp3) is 1.00. The molecule has 1 aliphatic carbocycles. The summed E-state index contributed by atoms with van der Waals surface area (Å²) in [4.78, 5) is 5.54. The second-order valence-corrected chi connectivity index (χ2v) is 6.78. The van der Waals surface area contributed by atoms with Crippen LogP contribution in [-0.2, 0) is 0 Å². The van der Waals surface area contributed by atoms with Crippen molar-refractivity contribution < 1.29 is 0 Å². The maximum absolute atomic E-state index is 6.01. The Kier molecular flexibility index (Phi) is 3.65. The van der Waals surface area contributed by atoms with Crippen molar-refractivity contribution in [2.45, 2.75) is 82.6 Å². The van der Waals surface area contributed by atoms with E-state index in [1.807, 2.05) is 0 Å². The van der Waals surface area contributed by atoms with Crippen molar-refractivity contribution in [2.75, 3.05) is 13.1 Å². The summed E-state index contributed by atoms with van der Waals surface area (Å²) in [5, 5.41) is 0. The van der Waals surface area contributed by atoms with Crippen LogP contribution in [0.5, 0.6) is 0 Å². The van der Waals surface area contributed by atoms with E-state index in [4.69, 9.17) is 5.73 Å². The van der Waals surface area contributed by atoms with Crippen LogP contribution in [0, 0.1) is 0 Å². The summed E-state index contributed by atoms with van der Waals surface area (Å²) in [5.41, 5.74) is 6.01. The molecule has 1 saturated carbocycles. The van der Waals surface area contributed by atoms with Crippen molar-refractivity contribution in [2.24, 2.45) is 5.73 Å². The number of rotatable bonds is 3. The molecule has 0 aromatic heterocycles. The molecule has 3 aliphatic rings. The van der Waals surface area contributed by atoms with Gasteiger partial charge in [0.25, 0.3) is 0 Å². The van der Waals surface area contributed by atoms with Gasteiger partial charge >= 0.3 is 0 Å². The number of nitrogens with zero attached hydrogens (tertiary/aromatic N) is 2. The minimum Gasteiger partial charge on any atom is -0.329 e. The first-order valence-corrected chi connectivity index (χ1v) is 7.94. The molecule has 0 aromatic rings. The van der Waals surface area contributed by atoms with Gasteiger partial charge in [0, 0.05) is 43.3 Å². The maximum atomic E-state index is 6.01. The van der Waals surface area contributed by atoms with Crippen LogP contribution < -0.4 is 5.73 Å². The normalized spacial score (nSPS) is 43.5. The van der Waals surface area contributed by atoms with E-state index in [1.165, 1.54) is 45.1 Å². The molecule has 0 bridgehead atoms. The number of hydrogen-bond donors (Lipinski definition) is 1. The Morgan fingerprint density at radius 1 is 1.00 bits per heavy atom. The summed E-state index contributed by atoms with van der Waals surface area (Å²) in [6, 6.07) is 3.86. The molecule has 3 nitrogen and oxygen atoms in total. The standard InChI is InChI=1S/C15H29N3/c1-11-4-3-5-14(9-16)18(11)15-8-12(2)17(10-15)13-6-7-13/h11-15H,3-10,16H2,1-2H3. The molecule has 4 atom stereocenters. The first-order valence-electron chi connectivity index (χ1n) is 7.94. The van der Waals surface area contributed by atoms with Crippen LogP contribution in [0.1, 0.15) is 52.4 Å². The Labute approximate surface area is 112 Å². The lowest BCUT2D eigenvalue weighted by molar-refractivity contribution is 0.0527. The zero-order chi connectivity index (χ0) is 12.7. The van der Waals surface area contributed by atoms with Gasteiger partial charge in [-0.15, -0.1) is 0 Å². The van der Waals surface area contributed by atoms with Crippen molar-refractivity contribution in [1.29, 1.82) is 0 Å². The topological polar surface area (TPSA) is 32.5 Å². The average Bonchev–Trinajstić information content (AvgIpc) is 3.13. The van der Waals surface area contributed by atoms with Crippen molar-refractivity contribution in [1.82, 2.24) is 9.80 Å². The van der Waals surface area contributed by atoms with Gasteiger partial charge in [0.05, 0.1) is 0 Å². The Morgan fingerprint density at radius 2 is 1.78 bits per heavy atom. The summed E-state index contributed by atoms with van der Waals surface area (Å²) < 4.78 is 0. The van der Waals surface area contributed by atoms with Gasteiger partial charge in [-0.05, 0) is 46.0 Å². The molecule has 104 valence electrons. The highest BCUT2D eigenvalue weighted by Gasteiger charge is 2.43. The lowest BCUT2D eigenvalue weighted by Gasteiger charge is -2.44.